The zero-order chi connectivity index (χ0) is 14.5. The second-order valence-electron chi connectivity index (χ2n) is 3.74. The highest BCUT2D eigenvalue weighted by Gasteiger charge is 2.27. The summed E-state index contributed by atoms with van der Waals surface area (Å²) in [5.41, 5.74) is 0.459. The zero-order valence-electron chi connectivity index (χ0n) is 9.78. The number of hydrogen-bond acceptors (Lipinski definition) is 3. The minimum atomic E-state index is -4.50. The van der Waals surface area contributed by atoms with E-state index < -0.39 is 18.1 Å². The Kier molecular flexibility index (Phi) is 4.55. The van der Waals surface area contributed by atoms with Crippen LogP contribution < -0.4 is 5.32 Å². The first-order valence-corrected chi connectivity index (χ1v) is 5.28. The van der Waals surface area contributed by atoms with Gasteiger partial charge >= 0.3 is 6.30 Å². The van der Waals surface area contributed by atoms with Crippen molar-refractivity contribution >= 4 is 5.69 Å². The number of hydrogen-bond donors (Lipinski definition) is 1. The van der Waals surface area contributed by atoms with E-state index in [0.717, 1.165) is 0 Å². The highest BCUT2D eigenvalue weighted by molar-refractivity contribution is 5.46. The molecule has 0 aliphatic carbocycles. The van der Waals surface area contributed by atoms with Crippen LogP contribution in [0.5, 0.6) is 0 Å². The lowest BCUT2D eigenvalue weighted by Crippen LogP contribution is -2.20. The maximum absolute atomic E-state index is 12.1. The van der Waals surface area contributed by atoms with Crippen molar-refractivity contribution in [3.05, 3.63) is 42.5 Å². The van der Waals surface area contributed by atoms with Crippen LogP contribution in [-0.2, 0) is 0 Å². The summed E-state index contributed by atoms with van der Waals surface area (Å²) in [7, 11) is 0. The molecule has 0 amide bonds. The van der Waals surface area contributed by atoms with Gasteiger partial charge in [0.15, 0.2) is 0 Å². The molecule has 1 aromatic carbocycles. The highest BCUT2D eigenvalue weighted by atomic mass is 19.4. The fraction of sp³-hybridized carbons (Fsp3) is 0.231. The molecule has 6 heteroatoms. The highest BCUT2D eigenvalue weighted by Crippen LogP contribution is 2.27. The summed E-state index contributed by atoms with van der Waals surface area (Å²) in [6, 6.07) is 9.00. The van der Waals surface area contributed by atoms with E-state index in [9.17, 15) is 13.2 Å². The summed E-state index contributed by atoms with van der Waals surface area (Å²) in [5.74, 6) is -1.45. The molecule has 0 aromatic heterocycles. The molecule has 0 heterocycles. The molecule has 3 nitrogen and oxygen atoms in total. The van der Waals surface area contributed by atoms with E-state index in [1.54, 1.807) is 0 Å². The lowest BCUT2D eigenvalue weighted by atomic mass is 9.88. The molecule has 0 saturated carbocycles. The number of anilines is 1. The van der Waals surface area contributed by atoms with E-state index in [1.807, 2.05) is 12.1 Å². The Hall–Kier alpha value is -2.47. The molecular formula is C13H10F3N3. The van der Waals surface area contributed by atoms with Crippen LogP contribution in [0.4, 0.5) is 18.9 Å². The minimum absolute atomic E-state index is 0.107. The zero-order valence-corrected chi connectivity index (χ0v) is 9.78. The third-order valence-corrected chi connectivity index (χ3v) is 2.47. The van der Waals surface area contributed by atoms with Crippen molar-refractivity contribution in [2.24, 2.45) is 5.92 Å². The first-order valence-electron chi connectivity index (χ1n) is 5.28. The van der Waals surface area contributed by atoms with Crippen molar-refractivity contribution in [1.29, 1.82) is 10.5 Å². The van der Waals surface area contributed by atoms with Gasteiger partial charge in [-0.15, -0.1) is 6.58 Å². The molecule has 1 atom stereocenters. The van der Waals surface area contributed by atoms with Crippen LogP contribution in [0.3, 0.4) is 0 Å². The Bertz CT molecular complexity index is 506. The van der Waals surface area contributed by atoms with E-state index >= 15 is 0 Å². The molecule has 19 heavy (non-hydrogen) atoms. The number of benzene rings is 1. The van der Waals surface area contributed by atoms with E-state index in [0.29, 0.717) is 5.56 Å². The van der Waals surface area contributed by atoms with Crippen LogP contribution in [-0.4, -0.2) is 6.30 Å². The van der Waals surface area contributed by atoms with Gasteiger partial charge in [-0.3, -0.25) is 5.32 Å². The van der Waals surface area contributed by atoms with Gasteiger partial charge < -0.3 is 0 Å². The quantitative estimate of drug-likeness (QED) is 0.669. The standard InChI is InChI=1S/C13H10F3N3/c1-2-12(10(7-17)8-18)9-3-5-11(6-4-9)19-13(14,15)16/h2-6,10,12,19H,1H2. The summed E-state index contributed by atoms with van der Waals surface area (Å²) < 4.78 is 36.3. The molecule has 0 bridgehead atoms. The lowest BCUT2D eigenvalue weighted by molar-refractivity contribution is -0.0999. The largest absolute Gasteiger partial charge is 0.482 e. The summed E-state index contributed by atoms with van der Waals surface area (Å²) >= 11 is 0. The van der Waals surface area contributed by atoms with E-state index in [2.05, 4.69) is 6.58 Å². The van der Waals surface area contributed by atoms with Crippen LogP contribution in [0.15, 0.2) is 36.9 Å². The third kappa shape index (κ3) is 4.04. The summed E-state index contributed by atoms with van der Waals surface area (Å²) in [6.45, 7) is 3.54. The fourth-order valence-electron chi connectivity index (χ4n) is 1.61. The van der Waals surface area contributed by atoms with Crippen LogP contribution in [0.2, 0.25) is 0 Å². The lowest BCUT2D eigenvalue weighted by Gasteiger charge is -2.15. The maximum Gasteiger partial charge on any atom is 0.482 e. The summed E-state index contributed by atoms with van der Waals surface area (Å²) in [4.78, 5) is 0. The minimum Gasteiger partial charge on any atom is -0.298 e. The van der Waals surface area contributed by atoms with Gasteiger partial charge in [0.05, 0.1) is 12.1 Å². The van der Waals surface area contributed by atoms with Gasteiger partial charge in [-0.1, -0.05) is 18.2 Å². The van der Waals surface area contributed by atoms with E-state index in [-0.39, 0.29) is 5.69 Å². The molecule has 98 valence electrons. The molecule has 0 saturated heterocycles. The second kappa shape index (κ2) is 5.92. The monoisotopic (exact) mass is 265 g/mol. The predicted molar refractivity (Wildman–Crippen MR) is 63.8 cm³/mol. The molecule has 1 N–H and O–H groups in total. The second-order valence-corrected chi connectivity index (χ2v) is 3.74. The number of nitriles is 2. The van der Waals surface area contributed by atoms with Gasteiger partial charge in [0.1, 0.15) is 5.92 Å². The van der Waals surface area contributed by atoms with Crippen LogP contribution in [0.1, 0.15) is 11.5 Å². The molecule has 0 aliphatic rings. The molecule has 0 spiro atoms. The van der Waals surface area contributed by atoms with Crippen LogP contribution >= 0.6 is 0 Å². The average molecular weight is 265 g/mol. The number of rotatable bonds is 4. The van der Waals surface area contributed by atoms with Crippen molar-refractivity contribution < 1.29 is 13.2 Å². The predicted octanol–water partition coefficient (Wildman–Crippen LogP) is 3.55. The van der Waals surface area contributed by atoms with Crippen molar-refractivity contribution in [2.75, 3.05) is 5.32 Å². The van der Waals surface area contributed by atoms with Crippen molar-refractivity contribution in [1.82, 2.24) is 0 Å². The van der Waals surface area contributed by atoms with Crippen molar-refractivity contribution in [3.8, 4) is 12.1 Å². The third-order valence-electron chi connectivity index (χ3n) is 2.47. The molecule has 0 radical (unpaired) electrons. The first kappa shape index (κ1) is 14.6. The van der Waals surface area contributed by atoms with Crippen LogP contribution in [0.25, 0.3) is 0 Å². The van der Waals surface area contributed by atoms with E-state index in [1.165, 1.54) is 35.7 Å². The van der Waals surface area contributed by atoms with Gasteiger partial charge in [-0.25, -0.2) is 0 Å². The number of alkyl halides is 3. The average Bonchev–Trinajstić information content (AvgIpc) is 2.35. The Morgan fingerprint density at radius 3 is 2.05 bits per heavy atom. The van der Waals surface area contributed by atoms with Gasteiger partial charge in [0.25, 0.3) is 0 Å². The Morgan fingerprint density at radius 1 is 1.16 bits per heavy atom. The molecule has 0 fully saturated rings. The maximum atomic E-state index is 12.1. The van der Waals surface area contributed by atoms with Crippen molar-refractivity contribution in [2.45, 2.75) is 12.2 Å². The first-order chi connectivity index (χ1) is 8.91. The SMILES string of the molecule is C=CC(c1ccc(NC(F)(F)F)cc1)C(C#N)C#N. The molecule has 1 aromatic rings. The van der Waals surface area contributed by atoms with Gasteiger partial charge in [0, 0.05) is 11.6 Å². The van der Waals surface area contributed by atoms with E-state index in [4.69, 9.17) is 10.5 Å². The Labute approximate surface area is 108 Å². The van der Waals surface area contributed by atoms with Crippen LogP contribution in [0, 0.1) is 28.6 Å². The van der Waals surface area contributed by atoms with Gasteiger partial charge in [-0.2, -0.15) is 23.7 Å². The Morgan fingerprint density at radius 2 is 1.68 bits per heavy atom. The van der Waals surface area contributed by atoms with Gasteiger partial charge in [-0.05, 0) is 17.7 Å². The summed E-state index contributed by atoms with van der Waals surface area (Å²) in [6.07, 6.45) is -3.06. The molecule has 1 rings (SSSR count). The molecule has 0 aliphatic heterocycles. The normalized spacial score (nSPS) is 12.3. The summed E-state index contributed by atoms with van der Waals surface area (Å²) in [5, 5.41) is 19.0. The number of nitrogens with one attached hydrogen (secondary N) is 1. The number of allylic oxidation sites excluding steroid dienone is 1. The fourth-order valence-corrected chi connectivity index (χ4v) is 1.61. The topological polar surface area (TPSA) is 59.6 Å². The number of halogens is 3. The van der Waals surface area contributed by atoms with Gasteiger partial charge in [0.2, 0.25) is 0 Å². The van der Waals surface area contributed by atoms with Crippen molar-refractivity contribution in [3.63, 3.8) is 0 Å². The molecular weight excluding hydrogens is 255 g/mol. The number of nitrogens with zero attached hydrogens (tertiary/aromatic N) is 2. The smallest absolute Gasteiger partial charge is 0.298 e. The Balaban J connectivity index is 2.95. The molecule has 1 unspecified atom stereocenters.